The zero-order valence-electron chi connectivity index (χ0n) is 9.18. The average Bonchev–Trinajstić information content (AvgIpc) is 2.16. The van der Waals surface area contributed by atoms with Gasteiger partial charge in [0.1, 0.15) is 0 Å². The molecule has 2 aromatic heterocycles. The summed E-state index contributed by atoms with van der Waals surface area (Å²) in [7, 11) is 0. The molecule has 0 atom stereocenters. The molecule has 0 N–H and O–H groups in total. The summed E-state index contributed by atoms with van der Waals surface area (Å²) < 4.78 is 0. The third kappa shape index (κ3) is 1.31. The van der Waals surface area contributed by atoms with Crippen molar-refractivity contribution in [1.82, 2.24) is 4.98 Å². The molecule has 14 heavy (non-hydrogen) atoms. The summed E-state index contributed by atoms with van der Waals surface area (Å²) in [6.07, 6.45) is 1.96. The molecule has 0 aliphatic rings. The Morgan fingerprint density at radius 1 is 0.929 bits per heavy atom. The van der Waals surface area contributed by atoms with E-state index in [0.29, 0.717) is 0 Å². The van der Waals surface area contributed by atoms with E-state index in [0.717, 1.165) is 5.69 Å². The van der Waals surface area contributed by atoms with Crippen molar-refractivity contribution in [2.45, 2.75) is 27.7 Å². The number of hydrogen-bond acceptors (Lipinski definition) is 1. The standard InChI is InChI=1S/C11H13B2N/c1-6-5-14-9(4)11-8(3)13-12-7(2)10(6)11/h5H,1-4H3. The van der Waals surface area contributed by atoms with Crippen molar-refractivity contribution in [3.05, 3.63) is 28.4 Å². The SMILES string of the molecule is Cc1bbc(C)c2c(C)ncc(C)c12. The van der Waals surface area contributed by atoms with Crippen LogP contribution in [0.15, 0.2) is 6.20 Å². The first-order chi connectivity index (χ1) is 6.61. The van der Waals surface area contributed by atoms with E-state index < -0.39 is 0 Å². The van der Waals surface area contributed by atoms with Crippen LogP contribution in [0.5, 0.6) is 0 Å². The van der Waals surface area contributed by atoms with Crippen LogP contribution in [0.2, 0.25) is 0 Å². The molecule has 2 aromatic rings. The van der Waals surface area contributed by atoms with Gasteiger partial charge in [-0.05, 0) is 0 Å². The van der Waals surface area contributed by atoms with Crippen LogP contribution in [-0.4, -0.2) is 18.6 Å². The van der Waals surface area contributed by atoms with Gasteiger partial charge in [-0.25, -0.2) is 0 Å². The molecule has 2 rings (SSSR count). The Kier molecular flexibility index (Phi) is 2.26. The van der Waals surface area contributed by atoms with Gasteiger partial charge in [0.25, 0.3) is 0 Å². The van der Waals surface area contributed by atoms with Crippen molar-refractivity contribution in [2.75, 3.05) is 0 Å². The molecule has 2 heterocycles. The van der Waals surface area contributed by atoms with Crippen molar-refractivity contribution < 1.29 is 0 Å². The van der Waals surface area contributed by atoms with Gasteiger partial charge in [-0.3, -0.25) is 0 Å². The number of rotatable bonds is 0. The van der Waals surface area contributed by atoms with E-state index in [2.05, 4.69) is 46.3 Å². The quantitative estimate of drug-likeness (QED) is 0.606. The van der Waals surface area contributed by atoms with Crippen LogP contribution >= 0.6 is 0 Å². The molecule has 0 fully saturated rings. The zero-order chi connectivity index (χ0) is 10.3. The van der Waals surface area contributed by atoms with E-state index in [4.69, 9.17) is 0 Å². The molecular formula is C11H13B2N. The Labute approximate surface area is 86.0 Å². The number of aromatic nitrogens is 1. The van der Waals surface area contributed by atoms with Crippen molar-refractivity contribution in [3.8, 4) is 0 Å². The monoisotopic (exact) mass is 181 g/mol. The predicted molar refractivity (Wildman–Crippen MR) is 63.4 cm³/mol. The molecule has 0 amide bonds. The molecule has 0 saturated heterocycles. The third-order valence-electron chi connectivity index (χ3n) is 2.83. The topological polar surface area (TPSA) is 12.9 Å². The van der Waals surface area contributed by atoms with E-state index >= 15 is 0 Å². The first kappa shape index (κ1) is 9.57. The Bertz CT molecular complexity index is 417. The summed E-state index contributed by atoms with van der Waals surface area (Å²) in [4.78, 5) is 4.41. The van der Waals surface area contributed by atoms with Crippen LogP contribution in [-0.2, 0) is 0 Å². The van der Waals surface area contributed by atoms with Crippen molar-refractivity contribution in [1.29, 1.82) is 0 Å². The fraction of sp³-hybridized carbons (Fsp3) is 0.364. The molecular weight excluding hydrogens is 168 g/mol. The number of hydrogen-bond donors (Lipinski definition) is 0. The van der Waals surface area contributed by atoms with E-state index in [1.54, 1.807) is 0 Å². The van der Waals surface area contributed by atoms with Gasteiger partial charge >= 0.3 is 85.4 Å². The van der Waals surface area contributed by atoms with Gasteiger partial charge in [0.2, 0.25) is 0 Å². The van der Waals surface area contributed by atoms with Gasteiger partial charge in [0.15, 0.2) is 0 Å². The number of nitrogens with zero attached hydrogens (tertiary/aromatic N) is 1. The van der Waals surface area contributed by atoms with Gasteiger partial charge in [0.05, 0.1) is 0 Å². The van der Waals surface area contributed by atoms with Crippen LogP contribution in [0.25, 0.3) is 10.8 Å². The Hall–Kier alpha value is -0.980. The summed E-state index contributed by atoms with van der Waals surface area (Å²) in [5.74, 6) is 0. The first-order valence-electron chi connectivity index (χ1n) is 4.93. The summed E-state index contributed by atoms with van der Waals surface area (Å²) in [6, 6.07) is 0. The number of pyridine rings is 1. The molecule has 0 aromatic carbocycles. The van der Waals surface area contributed by atoms with Crippen LogP contribution in [0.3, 0.4) is 0 Å². The second-order valence-corrected chi connectivity index (χ2v) is 3.98. The summed E-state index contributed by atoms with van der Waals surface area (Å²) in [6.45, 7) is 12.9. The minimum absolute atomic E-state index is 1.13. The maximum atomic E-state index is 4.41. The minimum atomic E-state index is 1.13. The van der Waals surface area contributed by atoms with Crippen molar-refractivity contribution in [2.24, 2.45) is 0 Å². The van der Waals surface area contributed by atoms with Crippen LogP contribution in [0.1, 0.15) is 22.2 Å². The van der Waals surface area contributed by atoms with Gasteiger partial charge in [0, 0.05) is 0 Å². The van der Waals surface area contributed by atoms with E-state index in [9.17, 15) is 0 Å². The molecule has 68 valence electrons. The molecule has 0 aliphatic heterocycles. The molecule has 0 radical (unpaired) electrons. The predicted octanol–water partition coefficient (Wildman–Crippen LogP) is 2.14. The van der Waals surface area contributed by atoms with Gasteiger partial charge in [-0.2, -0.15) is 0 Å². The first-order valence-corrected chi connectivity index (χ1v) is 4.93. The zero-order valence-corrected chi connectivity index (χ0v) is 9.18. The fourth-order valence-corrected chi connectivity index (χ4v) is 2.11. The summed E-state index contributed by atoms with van der Waals surface area (Å²) in [5.41, 5.74) is 5.06. The van der Waals surface area contributed by atoms with E-state index in [-0.39, 0.29) is 0 Å². The number of aryl methyl sites for hydroxylation is 4. The molecule has 0 saturated carbocycles. The second-order valence-electron chi connectivity index (χ2n) is 3.98. The Morgan fingerprint density at radius 2 is 1.50 bits per heavy atom. The Morgan fingerprint density at radius 3 is 2.07 bits per heavy atom. The molecule has 0 unspecified atom stereocenters. The fourth-order valence-electron chi connectivity index (χ4n) is 2.11. The van der Waals surface area contributed by atoms with Gasteiger partial charge in [-0.15, -0.1) is 0 Å². The van der Waals surface area contributed by atoms with Gasteiger partial charge < -0.3 is 0 Å². The van der Waals surface area contributed by atoms with Gasteiger partial charge in [-0.1, -0.05) is 0 Å². The number of fused-ring (bicyclic) bond motifs is 1. The summed E-state index contributed by atoms with van der Waals surface area (Å²) in [5, 5.41) is 2.70. The molecule has 0 spiro atoms. The normalized spacial score (nSPS) is 10.3. The Balaban J connectivity index is 3.05. The van der Waals surface area contributed by atoms with Crippen LogP contribution in [0.4, 0.5) is 0 Å². The molecule has 0 aliphatic carbocycles. The average molecular weight is 181 g/mol. The second kappa shape index (κ2) is 3.30. The molecule has 0 bridgehead atoms. The van der Waals surface area contributed by atoms with E-state index in [1.165, 1.54) is 27.3 Å². The van der Waals surface area contributed by atoms with Crippen LogP contribution in [0, 0.1) is 27.7 Å². The maximum absolute atomic E-state index is 4.41. The molecule has 3 heteroatoms. The molecule has 1 nitrogen and oxygen atoms in total. The third-order valence-corrected chi connectivity index (χ3v) is 2.83. The van der Waals surface area contributed by atoms with E-state index in [1.807, 2.05) is 6.20 Å². The summed E-state index contributed by atoms with van der Waals surface area (Å²) >= 11 is 0. The van der Waals surface area contributed by atoms with Crippen molar-refractivity contribution in [3.63, 3.8) is 0 Å². The van der Waals surface area contributed by atoms with Crippen molar-refractivity contribution >= 4 is 24.4 Å². The van der Waals surface area contributed by atoms with Crippen LogP contribution < -0.4 is 0 Å².